The molecule has 1 fully saturated rings. The molecule has 3 aromatic rings. The Morgan fingerprint density at radius 2 is 2.21 bits per heavy atom. The summed E-state index contributed by atoms with van der Waals surface area (Å²) in [5.74, 6) is 1.73. The number of nitrogens with one attached hydrogen (secondary N) is 1. The van der Waals surface area contributed by atoms with Gasteiger partial charge in [0.25, 0.3) is 5.56 Å². The fourth-order valence-corrected chi connectivity index (χ4v) is 3.84. The van der Waals surface area contributed by atoms with Gasteiger partial charge in [-0.15, -0.1) is 0 Å². The molecule has 0 radical (unpaired) electrons. The number of carbonyl (C=O) groups excluding carboxylic acids is 1. The Morgan fingerprint density at radius 1 is 1.34 bits per heavy atom. The molecule has 0 unspecified atom stereocenters. The van der Waals surface area contributed by atoms with Crippen LogP contribution < -0.4 is 15.8 Å². The Bertz CT molecular complexity index is 1090. The minimum absolute atomic E-state index is 0.0259. The first kappa shape index (κ1) is 19.2. The second-order valence-electron chi connectivity index (χ2n) is 7.35. The molecule has 4 heterocycles. The Balaban J connectivity index is 1.53. The smallest absolute Gasteiger partial charge is 0.295 e. The van der Waals surface area contributed by atoms with Crippen molar-refractivity contribution < 1.29 is 9.21 Å². The van der Waals surface area contributed by atoms with Gasteiger partial charge in [-0.05, 0) is 51.0 Å². The molecule has 29 heavy (non-hydrogen) atoms. The van der Waals surface area contributed by atoms with Gasteiger partial charge in [-0.25, -0.2) is 9.97 Å². The van der Waals surface area contributed by atoms with Gasteiger partial charge in [0.05, 0.1) is 12.5 Å². The molecule has 1 aliphatic rings. The monoisotopic (exact) mass is 395 g/mol. The summed E-state index contributed by atoms with van der Waals surface area (Å²) < 4.78 is 7.15. The van der Waals surface area contributed by atoms with Gasteiger partial charge >= 0.3 is 0 Å². The number of rotatable bonds is 5. The molecule has 1 N–H and O–H groups in total. The molecule has 3 aromatic heterocycles. The third-order valence-electron chi connectivity index (χ3n) is 5.33. The molecular formula is C21H25N5O3. The highest BCUT2D eigenvalue weighted by molar-refractivity contribution is 5.79. The van der Waals surface area contributed by atoms with Crippen LogP contribution >= 0.6 is 0 Å². The summed E-state index contributed by atoms with van der Waals surface area (Å²) in [5, 5.41) is 2.95. The molecule has 152 valence electrons. The van der Waals surface area contributed by atoms with E-state index in [4.69, 9.17) is 4.42 Å². The number of hydrogen-bond donors (Lipinski definition) is 1. The van der Waals surface area contributed by atoms with Crippen LogP contribution in [0.4, 0.5) is 5.82 Å². The van der Waals surface area contributed by atoms with Crippen LogP contribution in [0.5, 0.6) is 0 Å². The molecule has 0 bridgehead atoms. The standard InChI is InChI=1S/C21H25N5O3/c1-3-26-18-17(7-4-10-22-18)24-19(21(26)28)25-11-5-6-15(13-25)20(27)23-12-16-9-8-14(2)29-16/h4,7-10,15H,3,5-6,11-13H2,1-2H3,(H,23,27)/t15-/m0/s1. The van der Waals surface area contributed by atoms with E-state index in [1.165, 1.54) is 0 Å². The maximum atomic E-state index is 13.0. The number of aromatic nitrogens is 3. The van der Waals surface area contributed by atoms with Crippen LogP contribution in [0.2, 0.25) is 0 Å². The minimum atomic E-state index is -0.194. The van der Waals surface area contributed by atoms with E-state index < -0.39 is 0 Å². The maximum Gasteiger partial charge on any atom is 0.295 e. The zero-order chi connectivity index (χ0) is 20.4. The van der Waals surface area contributed by atoms with Gasteiger partial charge in [0, 0.05) is 25.8 Å². The highest BCUT2D eigenvalue weighted by Gasteiger charge is 2.28. The van der Waals surface area contributed by atoms with Gasteiger partial charge in [0.1, 0.15) is 17.0 Å². The molecule has 0 spiro atoms. The summed E-state index contributed by atoms with van der Waals surface area (Å²) in [7, 11) is 0. The molecule has 4 rings (SSSR count). The number of amides is 1. The van der Waals surface area contributed by atoms with E-state index in [2.05, 4.69) is 15.3 Å². The van der Waals surface area contributed by atoms with Crippen molar-refractivity contribution in [2.45, 2.75) is 39.8 Å². The highest BCUT2D eigenvalue weighted by atomic mass is 16.3. The number of carbonyl (C=O) groups is 1. The van der Waals surface area contributed by atoms with E-state index in [0.29, 0.717) is 43.2 Å². The van der Waals surface area contributed by atoms with Crippen molar-refractivity contribution in [1.29, 1.82) is 0 Å². The highest BCUT2D eigenvalue weighted by Crippen LogP contribution is 2.21. The van der Waals surface area contributed by atoms with Gasteiger partial charge in [0.15, 0.2) is 11.5 Å². The Morgan fingerprint density at radius 3 is 2.97 bits per heavy atom. The van der Waals surface area contributed by atoms with Crippen LogP contribution in [0.15, 0.2) is 39.7 Å². The topological polar surface area (TPSA) is 93.3 Å². The third kappa shape index (κ3) is 3.87. The summed E-state index contributed by atoms with van der Waals surface area (Å²) >= 11 is 0. The summed E-state index contributed by atoms with van der Waals surface area (Å²) in [6, 6.07) is 7.41. The number of fused-ring (bicyclic) bond motifs is 1. The molecule has 1 saturated heterocycles. The van der Waals surface area contributed by atoms with Crippen LogP contribution in [0.3, 0.4) is 0 Å². The van der Waals surface area contributed by atoms with Crippen molar-refractivity contribution in [3.8, 4) is 0 Å². The van der Waals surface area contributed by atoms with Crippen molar-refractivity contribution in [2.24, 2.45) is 5.92 Å². The number of hydrogen-bond acceptors (Lipinski definition) is 6. The number of furan rings is 1. The van der Waals surface area contributed by atoms with Crippen molar-refractivity contribution in [1.82, 2.24) is 19.9 Å². The summed E-state index contributed by atoms with van der Waals surface area (Å²) in [6.07, 6.45) is 3.28. The van der Waals surface area contributed by atoms with Crippen molar-refractivity contribution in [2.75, 3.05) is 18.0 Å². The predicted octanol–water partition coefficient (Wildman–Crippen LogP) is 2.25. The summed E-state index contributed by atoms with van der Waals surface area (Å²) in [4.78, 5) is 36.5. The molecule has 1 aliphatic heterocycles. The third-order valence-corrected chi connectivity index (χ3v) is 5.33. The lowest BCUT2D eigenvalue weighted by Crippen LogP contribution is -2.45. The van der Waals surface area contributed by atoms with Gasteiger partial charge in [-0.1, -0.05) is 0 Å². The first-order valence-electron chi connectivity index (χ1n) is 10.0. The van der Waals surface area contributed by atoms with Crippen LogP contribution in [-0.4, -0.2) is 33.5 Å². The molecule has 1 amide bonds. The Labute approximate surface area is 168 Å². The first-order valence-corrected chi connectivity index (χ1v) is 10.0. The van der Waals surface area contributed by atoms with Gasteiger partial charge in [-0.2, -0.15) is 0 Å². The second-order valence-corrected chi connectivity index (χ2v) is 7.35. The zero-order valence-electron chi connectivity index (χ0n) is 16.7. The van der Waals surface area contributed by atoms with E-state index in [0.717, 1.165) is 24.4 Å². The molecule has 0 aliphatic carbocycles. The van der Waals surface area contributed by atoms with Crippen LogP contribution in [0.1, 0.15) is 31.3 Å². The fourth-order valence-electron chi connectivity index (χ4n) is 3.84. The number of aryl methyl sites for hydroxylation is 2. The largest absolute Gasteiger partial charge is 0.465 e. The van der Waals surface area contributed by atoms with Gasteiger partial charge < -0.3 is 14.6 Å². The van der Waals surface area contributed by atoms with Crippen LogP contribution in [-0.2, 0) is 17.9 Å². The fraction of sp³-hybridized carbons (Fsp3) is 0.429. The SMILES string of the molecule is CCn1c(=O)c(N2CCC[C@H](C(=O)NCc3ccc(C)o3)C2)nc2cccnc21. The summed E-state index contributed by atoms with van der Waals surface area (Å²) in [6.45, 7) is 5.86. The van der Waals surface area contributed by atoms with E-state index >= 15 is 0 Å². The quantitative estimate of drug-likeness (QED) is 0.712. The molecule has 8 heteroatoms. The Hall–Kier alpha value is -3.16. The average Bonchev–Trinajstić information content (AvgIpc) is 3.17. The van der Waals surface area contributed by atoms with Gasteiger partial charge in [0.2, 0.25) is 5.91 Å². The number of nitrogens with zero attached hydrogens (tertiary/aromatic N) is 4. The number of piperidine rings is 1. The van der Waals surface area contributed by atoms with Crippen molar-refractivity contribution in [3.05, 3.63) is 52.3 Å². The van der Waals surface area contributed by atoms with Crippen LogP contribution in [0, 0.1) is 12.8 Å². The molecule has 0 saturated carbocycles. The lowest BCUT2D eigenvalue weighted by atomic mass is 9.97. The molecule has 1 atom stereocenters. The van der Waals surface area contributed by atoms with E-state index in [-0.39, 0.29) is 17.4 Å². The van der Waals surface area contributed by atoms with Crippen molar-refractivity contribution >= 4 is 22.9 Å². The number of anilines is 1. The molecule has 0 aromatic carbocycles. The Kier molecular flexibility index (Phi) is 5.33. The summed E-state index contributed by atoms with van der Waals surface area (Å²) in [5.41, 5.74) is 1.11. The normalized spacial score (nSPS) is 16.9. The second kappa shape index (κ2) is 8.06. The van der Waals surface area contributed by atoms with E-state index in [1.54, 1.807) is 10.8 Å². The predicted molar refractivity (Wildman–Crippen MR) is 110 cm³/mol. The lowest BCUT2D eigenvalue weighted by Gasteiger charge is -2.32. The molecule has 8 nitrogen and oxygen atoms in total. The molecular weight excluding hydrogens is 370 g/mol. The maximum absolute atomic E-state index is 13.0. The minimum Gasteiger partial charge on any atom is -0.465 e. The lowest BCUT2D eigenvalue weighted by molar-refractivity contribution is -0.125. The van der Waals surface area contributed by atoms with Gasteiger partial charge in [-0.3, -0.25) is 14.2 Å². The number of pyridine rings is 1. The zero-order valence-corrected chi connectivity index (χ0v) is 16.7. The van der Waals surface area contributed by atoms with Crippen molar-refractivity contribution in [3.63, 3.8) is 0 Å². The first-order chi connectivity index (χ1) is 14.1. The van der Waals surface area contributed by atoms with Crippen LogP contribution in [0.25, 0.3) is 11.2 Å². The van der Waals surface area contributed by atoms with E-state index in [9.17, 15) is 9.59 Å². The average molecular weight is 395 g/mol. The van der Waals surface area contributed by atoms with E-state index in [1.807, 2.05) is 43.0 Å².